The second-order valence-corrected chi connectivity index (χ2v) is 8.98. The zero-order chi connectivity index (χ0) is 24.3. The summed E-state index contributed by atoms with van der Waals surface area (Å²) in [6, 6.07) is 16.9. The van der Waals surface area contributed by atoms with Gasteiger partial charge in [-0.2, -0.15) is 14.6 Å². The highest BCUT2D eigenvalue weighted by molar-refractivity contribution is 6.30. The first-order valence-electron chi connectivity index (χ1n) is 11.1. The Labute approximate surface area is 209 Å². The Kier molecular flexibility index (Phi) is 9.91. The molecule has 10 heteroatoms. The van der Waals surface area contributed by atoms with Crippen LogP contribution in [0.15, 0.2) is 48.5 Å². The van der Waals surface area contributed by atoms with Crippen LogP contribution in [-0.2, 0) is 22.4 Å². The van der Waals surface area contributed by atoms with Crippen LogP contribution in [0.5, 0.6) is 0 Å². The first kappa shape index (κ1) is 25.7. The Balaban J connectivity index is 0.00000103. The van der Waals surface area contributed by atoms with Gasteiger partial charge in [-0.25, -0.2) is 5.10 Å². The summed E-state index contributed by atoms with van der Waals surface area (Å²) in [4.78, 5) is 25.4. The second-order valence-electron chi connectivity index (χ2n) is 8.11. The molecule has 8 nitrogen and oxygen atoms in total. The van der Waals surface area contributed by atoms with E-state index in [0.29, 0.717) is 17.9 Å². The summed E-state index contributed by atoms with van der Waals surface area (Å²) in [6.07, 6.45) is 4.43. The minimum atomic E-state index is 0.250. The average molecular weight is 503 g/mol. The number of nitrogens with zero attached hydrogens (tertiary/aromatic N) is 4. The minimum Gasteiger partial charge on any atom is -0.368 e. The third-order valence-corrected chi connectivity index (χ3v) is 6.46. The zero-order valence-corrected chi connectivity index (χ0v) is 20.3. The van der Waals surface area contributed by atoms with E-state index in [-0.39, 0.29) is 6.15 Å². The van der Waals surface area contributed by atoms with Crippen LogP contribution in [-0.4, -0.2) is 58.5 Å². The highest BCUT2D eigenvalue weighted by Crippen LogP contribution is 2.22. The summed E-state index contributed by atoms with van der Waals surface area (Å²) >= 11 is 12.1. The molecule has 0 radical (unpaired) electrons. The molecule has 0 atom stereocenters. The predicted octanol–water partition coefficient (Wildman–Crippen LogP) is 3.87. The Morgan fingerprint density at radius 2 is 1.41 bits per heavy atom. The second kappa shape index (κ2) is 13.1. The van der Waals surface area contributed by atoms with Crippen molar-refractivity contribution in [2.45, 2.75) is 31.7 Å². The number of halogens is 2. The van der Waals surface area contributed by atoms with E-state index in [4.69, 9.17) is 38.5 Å². The van der Waals surface area contributed by atoms with E-state index < -0.39 is 0 Å². The molecule has 0 saturated carbocycles. The number of nitrogens with one attached hydrogen (secondary N) is 1. The number of hydrogen-bond donors (Lipinski definition) is 2. The minimum absolute atomic E-state index is 0.250. The van der Waals surface area contributed by atoms with Gasteiger partial charge in [-0.1, -0.05) is 47.5 Å². The lowest BCUT2D eigenvalue weighted by Gasteiger charge is -2.38. The molecule has 3 aromatic rings. The van der Waals surface area contributed by atoms with E-state index in [9.17, 15) is 0 Å². The fraction of sp³-hybridized carbons (Fsp3) is 0.375. The van der Waals surface area contributed by atoms with Gasteiger partial charge in [-0.3, -0.25) is 4.90 Å². The van der Waals surface area contributed by atoms with Crippen LogP contribution in [0.1, 0.15) is 24.0 Å². The van der Waals surface area contributed by atoms with Crippen molar-refractivity contribution in [2.75, 3.05) is 36.8 Å². The number of hydrogen-bond acceptors (Lipinski definition) is 7. The van der Waals surface area contributed by atoms with Crippen LogP contribution in [0, 0.1) is 0 Å². The van der Waals surface area contributed by atoms with Gasteiger partial charge in [0.05, 0.1) is 0 Å². The van der Waals surface area contributed by atoms with Gasteiger partial charge < -0.3 is 10.6 Å². The first-order valence-corrected chi connectivity index (χ1v) is 11.9. The molecule has 4 rings (SSSR count). The van der Waals surface area contributed by atoms with Crippen molar-refractivity contribution in [3.8, 4) is 0 Å². The molecule has 0 amide bonds. The van der Waals surface area contributed by atoms with Crippen LogP contribution in [0.4, 0.5) is 11.9 Å². The lowest BCUT2D eigenvalue weighted by atomic mass is 10.0. The van der Waals surface area contributed by atoms with Crippen LogP contribution >= 0.6 is 23.2 Å². The van der Waals surface area contributed by atoms with Crippen LogP contribution in [0.3, 0.4) is 0 Å². The van der Waals surface area contributed by atoms with Gasteiger partial charge in [-0.05, 0) is 61.1 Å². The van der Waals surface area contributed by atoms with Crippen molar-refractivity contribution in [1.82, 2.24) is 20.1 Å². The van der Waals surface area contributed by atoms with Crippen molar-refractivity contribution >= 4 is 41.3 Å². The largest absolute Gasteiger partial charge is 0.373 e. The molecule has 1 saturated heterocycles. The molecule has 1 aliphatic rings. The van der Waals surface area contributed by atoms with E-state index in [0.717, 1.165) is 61.9 Å². The van der Waals surface area contributed by atoms with Gasteiger partial charge in [0.25, 0.3) is 0 Å². The standard InChI is InChI=1S/C23H28Cl2N6.CO2/c24-19-5-1-17(2-6-19)9-13-30(14-10-18-3-7-20(25)8-4-18)21-11-15-31(16-12-21)23-27-22(26)28-29-23;2-1-3/h1-8,21H,9-16H2,(H3,26,27,28,29);. The number of anilines is 2. The Hall–Kier alpha value is -2.90. The monoisotopic (exact) mass is 502 g/mol. The van der Waals surface area contributed by atoms with Crippen LogP contribution < -0.4 is 10.6 Å². The smallest absolute Gasteiger partial charge is 0.368 e. The lowest BCUT2D eigenvalue weighted by molar-refractivity contribution is -0.191. The van der Waals surface area contributed by atoms with Crippen molar-refractivity contribution in [1.29, 1.82) is 0 Å². The number of benzene rings is 2. The van der Waals surface area contributed by atoms with Crippen molar-refractivity contribution in [2.24, 2.45) is 0 Å². The maximum Gasteiger partial charge on any atom is 0.373 e. The molecule has 180 valence electrons. The summed E-state index contributed by atoms with van der Waals surface area (Å²) in [5.41, 5.74) is 8.32. The molecule has 3 N–H and O–H groups in total. The maximum absolute atomic E-state index is 8.12. The quantitative estimate of drug-likeness (QED) is 0.481. The topological polar surface area (TPSA) is 108 Å². The van der Waals surface area contributed by atoms with Crippen LogP contribution in [0.25, 0.3) is 0 Å². The average Bonchev–Trinajstić information content (AvgIpc) is 3.28. The molecular weight excluding hydrogens is 475 g/mol. The van der Waals surface area contributed by atoms with E-state index in [2.05, 4.69) is 49.2 Å². The number of aromatic amines is 1. The van der Waals surface area contributed by atoms with Gasteiger partial charge in [0.2, 0.25) is 11.9 Å². The van der Waals surface area contributed by atoms with Crippen LogP contribution in [0.2, 0.25) is 10.0 Å². The number of piperidine rings is 1. The molecule has 0 unspecified atom stereocenters. The summed E-state index contributed by atoms with van der Waals surface area (Å²) < 4.78 is 0. The number of rotatable bonds is 8. The molecule has 0 aliphatic carbocycles. The van der Waals surface area contributed by atoms with Gasteiger partial charge in [0, 0.05) is 42.3 Å². The molecule has 2 aromatic carbocycles. The SMILES string of the molecule is Nc1nc(N2CCC(N(CCc3ccc(Cl)cc3)CCc3ccc(Cl)cc3)CC2)n[nH]1.O=C=O. The van der Waals surface area contributed by atoms with E-state index in [1.165, 1.54) is 11.1 Å². The lowest BCUT2D eigenvalue weighted by Crippen LogP contribution is -2.46. The molecule has 34 heavy (non-hydrogen) atoms. The fourth-order valence-electron chi connectivity index (χ4n) is 4.16. The summed E-state index contributed by atoms with van der Waals surface area (Å²) in [5.74, 6) is 1.06. The molecule has 0 spiro atoms. The van der Waals surface area contributed by atoms with E-state index in [1.54, 1.807) is 0 Å². The third-order valence-electron chi connectivity index (χ3n) is 5.96. The molecule has 1 fully saturated rings. The number of carbonyl (C=O) groups excluding carboxylic acids is 2. The van der Waals surface area contributed by atoms with Crippen molar-refractivity contribution < 1.29 is 9.59 Å². The fourth-order valence-corrected chi connectivity index (χ4v) is 4.41. The first-order chi connectivity index (χ1) is 16.5. The third kappa shape index (κ3) is 7.85. The molecule has 2 heterocycles. The predicted molar refractivity (Wildman–Crippen MR) is 133 cm³/mol. The Morgan fingerprint density at radius 1 is 0.941 bits per heavy atom. The van der Waals surface area contributed by atoms with Gasteiger partial charge in [0.1, 0.15) is 0 Å². The van der Waals surface area contributed by atoms with Gasteiger partial charge in [-0.15, -0.1) is 5.10 Å². The summed E-state index contributed by atoms with van der Waals surface area (Å²) in [5, 5.41) is 8.50. The van der Waals surface area contributed by atoms with Gasteiger partial charge >= 0.3 is 6.15 Å². The molecular formula is C24H28Cl2N6O2. The maximum atomic E-state index is 8.12. The molecule has 1 aromatic heterocycles. The highest BCUT2D eigenvalue weighted by Gasteiger charge is 2.26. The van der Waals surface area contributed by atoms with E-state index >= 15 is 0 Å². The van der Waals surface area contributed by atoms with Gasteiger partial charge in [0.15, 0.2) is 0 Å². The zero-order valence-electron chi connectivity index (χ0n) is 18.8. The molecule has 0 bridgehead atoms. The summed E-state index contributed by atoms with van der Waals surface area (Å²) in [7, 11) is 0. The number of nitrogens with two attached hydrogens (primary N) is 1. The normalized spacial score (nSPS) is 13.9. The number of aromatic nitrogens is 3. The summed E-state index contributed by atoms with van der Waals surface area (Å²) in [6.45, 7) is 3.90. The van der Waals surface area contributed by atoms with E-state index in [1.807, 2.05) is 24.3 Å². The number of H-pyrrole nitrogens is 1. The molecule has 1 aliphatic heterocycles. The highest BCUT2D eigenvalue weighted by atomic mass is 35.5. The van der Waals surface area contributed by atoms with Crippen molar-refractivity contribution in [3.05, 3.63) is 69.7 Å². The Morgan fingerprint density at radius 3 is 1.82 bits per heavy atom. The van der Waals surface area contributed by atoms with Crippen molar-refractivity contribution in [3.63, 3.8) is 0 Å². The Bertz CT molecular complexity index is 995. The number of nitrogen functional groups attached to an aromatic ring is 1.